The fourth-order valence-corrected chi connectivity index (χ4v) is 1.54. The number of nitrogens with one attached hydrogen (secondary N) is 2. The molecule has 0 unspecified atom stereocenters. The van der Waals surface area contributed by atoms with Gasteiger partial charge in [-0.2, -0.15) is 0 Å². The standard InChI is InChI=1S/C15H24N2O3/c1-3-11-19-13-5-7-14(8-6-13)20-12-15(18)17-10-4-9-16-2/h5-8,16H,3-4,9-12H2,1-2H3,(H,17,18). The lowest BCUT2D eigenvalue weighted by atomic mass is 10.3. The molecule has 0 atom stereocenters. The van der Waals surface area contributed by atoms with Gasteiger partial charge in [-0.3, -0.25) is 4.79 Å². The van der Waals surface area contributed by atoms with Crippen LogP contribution in [0.3, 0.4) is 0 Å². The van der Waals surface area contributed by atoms with Crippen molar-refractivity contribution in [2.45, 2.75) is 19.8 Å². The molecule has 1 rings (SSSR count). The largest absolute Gasteiger partial charge is 0.494 e. The van der Waals surface area contributed by atoms with Crippen LogP contribution in [0.4, 0.5) is 0 Å². The van der Waals surface area contributed by atoms with Gasteiger partial charge < -0.3 is 20.1 Å². The predicted octanol–water partition coefficient (Wildman–Crippen LogP) is 1.58. The van der Waals surface area contributed by atoms with E-state index in [2.05, 4.69) is 17.6 Å². The summed E-state index contributed by atoms with van der Waals surface area (Å²) >= 11 is 0. The minimum Gasteiger partial charge on any atom is -0.494 e. The summed E-state index contributed by atoms with van der Waals surface area (Å²) in [6, 6.07) is 7.30. The molecule has 0 aliphatic heterocycles. The Hall–Kier alpha value is -1.75. The Bertz CT molecular complexity index is 379. The molecule has 1 amide bonds. The first-order chi connectivity index (χ1) is 9.76. The van der Waals surface area contributed by atoms with Crippen LogP contribution in [0, 0.1) is 0 Å². The van der Waals surface area contributed by atoms with Crippen molar-refractivity contribution in [3.05, 3.63) is 24.3 Å². The predicted molar refractivity (Wildman–Crippen MR) is 79.3 cm³/mol. The second-order valence-electron chi connectivity index (χ2n) is 4.42. The first kappa shape index (κ1) is 16.3. The van der Waals surface area contributed by atoms with Crippen LogP contribution >= 0.6 is 0 Å². The van der Waals surface area contributed by atoms with Gasteiger partial charge >= 0.3 is 0 Å². The zero-order chi connectivity index (χ0) is 14.6. The second-order valence-corrected chi connectivity index (χ2v) is 4.42. The molecule has 5 heteroatoms. The summed E-state index contributed by atoms with van der Waals surface area (Å²) in [6.07, 6.45) is 1.89. The number of benzene rings is 1. The van der Waals surface area contributed by atoms with E-state index in [0.717, 1.165) is 25.1 Å². The second kappa shape index (κ2) is 10.1. The van der Waals surface area contributed by atoms with Gasteiger partial charge in [0.05, 0.1) is 6.61 Å². The summed E-state index contributed by atoms with van der Waals surface area (Å²) in [6.45, 7) is 4.35. The van der Waals surface area contributed by atoms with Gasteiger partial charge in [-0.1, -0.05) is 6.92 Å². The van der Waals surface area contributed by atoms with Crippen molar-refractivity contribution in [1.82, 2.24) is 10.6 Å². The number of ether oxygens (including phenoxy) is 2. The Kier molecular flexibility index (Phi) is 8.22. The summed E-state index contributed by atoms with van der Waals surface area (Å²) in [5.74, 6) is 1.38. The monoisotopic (exact) mass is 280 g/mol. The SMILES string of the molecule is CCCOc1ccc(OCC(=O)NCCCNC)cc1. The molecule has 5 nitrogen and oxygen atoms in total. The van der Waals surface area contributed by atoms with Gasteiger partial charge in [-0.15, -0.1) is 0 Å². The normalized spacial score (nSPS) is 10.1. The van der Waals surface area contributed by atoms with Gasteiger partial charge in [0.25, 0.3) is 5.91 Å². The third-order valence-electron chi connectivity index (χ3n) is 2.59. The average Bonchev–Trinajstić information content (AvgIpc) is 2.48. The smallest absolute Gasteiger partial charge is 0.257 e. The van der Waals surface area contributed by atoms with Crippen molar-refractivity contribution >= 4 is 5.91 Å². The molecule has 0 heterocycles. The van der Waals surface area contributed by atoms with E-state index >= 15 is 0 Å². The highest BCUT2D eigenvalue weighted by Gasteiger charge is 2.02. The van der Waals surface area contributed by atoms with E-state index in [1.807, 2.05) is 19.2 Å². The maximum Gasteiger partial charge on any atom is 0.257 e. The molecule has 0 bridgehead atoms. The van der Waals surface area contributed by atoms with Crippen molar-refractivity contribution < 1.29 is 14.3 Å². The molecular weight excluding hydrogens is 256 g/mol. The molecule has 0 spiro atoms. The first-order valence-electron chi connectivity index (χ1n) is 7.03. The van der Waals surface area contributed by atoms with Crippen molar-refractivity contribution in [1.29, 1.82) is 0 Å². The Morgan fingerprint density at radius 3 is 2.35 bits per heavy atom. The summed E-state index contributed by atoms with van der Waals surface area (Å²) in [5, 5.41) is 5.82. The minimum absolute atomic E-state index is 0.0364. The Morgan fingerprint density at radius 1 is 1.10 bits per heavy atom. The van der Waals surface area contributed by atoms with Crippen molar-refractivity contribution in [2.24, 2.45) is 0 Å². The zero-order valence-electron chi connectivity index (χ0n) is 12.3. The Balaban J connectivity index is 2.22. The third kappa shape index (κ3) is 6.99. The highest BCUT2D eigenvalue weighted by Crippen LogP contribution is 2.17. The molecule has 20 heavy (non-hydrogen) atoms. The van der Waals surface area contributed by atoms with E-state index in [0.29, 0.717) is 18.9 Å². The molecule has 0 saturated heterocycles. The van der Waals surface area contributed by atoms with E-state index in [1.165, 1.54) is 0 Å². The van der Waals surface area contributed by atoms with Gasteiger partial charge in [-0.25, -0.2) is 0 Å². The summed E-state index contributed by atoms with van der Waals surface area (Å²) in [7, 11) is 1.89. The van der Waals surface area contributed by atoms with Crippen LogP contribution in [0.2, 0.25) is 0 Å². The highest BCUT2D eigenvalue weighted by atomic mass is 16.5. The molecule has 1 aromatic carbocycles. The van der Waals surface area contributed by atoms with E-state index in [1.54, 1.807) is 12.1 Å². The van der Waals surface area contributed by atoms with Crippen LogP contribution in [0.15, 0.2) is 24.3 Å². The van der Waals surface area contributed by atoms with Crippen LogP contribution in [0.25, 0.3) is 0 Å². The lowest BCUT2D eigenvalue weighted by Crippen LogP contribution is -2.30. The summed E-state index contributed by atoms with van der Waals surface area (Å²) in [5.41, 5.74) is 0. The Morgan fingerprint density at radius 2 is 1.75 bits per heavy atom. The summed E-state index contributed by atoms with van der Waals surface area (Å²) in [4.78, 5) is 11.5. The van der Waals surface area contributed by atoms with Crippen molar-refractivity contribution in [3.8, 4) is 11.5 Å². The van der Waals surface area contributed by atoms with Crippen LogP contribution in [0.5, 0.6) is 11.5 Å². The number of hydrogen-bond donors (Lipinski definition) is 2. The van der Waals surface area contributed by atoms with Crippen LogP contribution in [0.1, 0.15) is 19.8 Å². The molecule has 0 aliphatic rings. The molecule has 112 valence electrons. The number of carbonyl (C=O) groups excluding carboxylic acids is 1. The van der Waals surface area contributed by atoms with Gasteiger partial charge in [0.2, 0.25) is 0 Å². The average molecular weight is 280 g/mol. The fraction of sp³-hybridized carbons (Fsp3) is 0.533. The first-order valence-corrected chi connectivity index (χ1v) is 7.03. The quantitative estimate of drug-likeness (QED) is 0.639. The van der Waals surface area contributed by atoms with Gasteiger partial charge in [0.1, 0.15) is 11.5 Å². The van der Waals surface area contributed by atoms with E-state index in [-0.39, 0.29) is 12.5 Å². The molecule has 0 fully saturated rings. The van der Waals surface area contributed by atoms with Crippen molar-refractivity contribution in [3.63, 3.8) is 0 Å². The van der Waals surface area contributed by atoms with Gasteiger partial charge in [-0.05, 0) is 50.7 Å². The minimum atomic E-state index is -0.104. The fourth-order valence-electron chi connectivity index (χ4n) is 1.54. The molecule has 2 N–H and O–H groups in total. The molecule has 0 aliphatic carbocycles. The van der Waals surface area contributed by atoms with Crippen LogP contribution in [-0.2, 0) is 4.79 Å². The maximum atomic E-state index is 11.5. The lowest BCUT2D eigenvalue weighted by molar-refractivity contribution is -0.123. The number of hydrogen-bond acceptors (Lipinski definition) is 4. The zero-order valence-corrected chi connectivity index (χ0v) is 12.3. The third-order valence-corrected chi connectivity index (χ3v) is 2.59. The highest BCUT2D eigenvalue weighted by molar-refractivity contribution is 5.77. The van der Waals surface area contributed by atoms with E-state index in [9.17, 15) is 4.79 Å². The lowest BCUT2D eigenvalue weighted by Gasteiger charge is -2.08. The van der Waals surface area contributed by atoms with Gasteiger partial charge in [0.15, 0.2) is 6.61 Å². The number of rotatable bonds is 10. The molecule has 1 aromatic rings. The van der Waals surface area contributed by atoms with Gasteiger partial charge in [0, 0.05) is 6.54 Å². The molecular formula is C15H24N2O3. The maximum absolute atomic E-state index is 11.5. The molecule has 0 aromatic heterocycles. The topological polar surface area (TPSA) is 59.6 Å². The molecule has 0 radical (unpaired) electrons. The van der Waals surface area contributed by atoms with Crippen molar-refractivity contribution in [2.75, 3.05) is 33.4 Å². The van der Waals surface area contributed by atoms with E-state index in [4.69, 9.17) is 9.47 Å². The van der Waals surface area contributed by atoms with Crippen LogP contribution < -0.4 is 20.1 Å². The number of amides is 1. The molecule has 0 saturated carbocycles. The summed E-state index contributed by atoms with van der Waals surface area (Å²) < 4.78 is 10.9. The van der Waals surface area contributed by atoms with Crippen LogP contribution in [-0.4, -0.2) is 39.3 Å². The number of carbonyl (C=O) groups is 1. The van der Waals surface area contributed by atoms with E-state index < -0.39 is 0 Å². The Labute approximate surface area is 120 Å².